The largest absolute Gasteiger partial charge is 0.489 e. The number of benzene rings is 2. The van der Waals surface area contributed by atoms with E-state index in [4.69, 9.17) is 4.74 Å². The Kier molecular flexibility index (Phi) is 6.57. The Bertz CT molecular complexity index is 927. The maximum atomic E-state index is 12.2. The molecule has 2 aromatic rings. The second kappa shape index (κ2) is 9.29. The quantitative estimate of drug-likeness (QED) is 0.682. The molecular formula is C23H22N2O2S. The zero-order valence-corrected chi connectivity index (χ0v) is 16.6. The molecule has 4 nitrogen and oxygen atoms in total. The number of nitrogens with one attached hydrogen (secondary N) is 1. The van der Waals surface area contributed by atoms with Crippen molar-refractivity contribution in [2.45, 2.75) is 25.9 Å². The van der Waals surface area contributed by atoms with Gasteiger partial charge in [-0.15, -0.1) is 11.8 Å². The smallest absolute Gasteiger partial charge is 0.225 e. The molecule has 0 unspecified atom stereocenters. The molecule has 2 aromatic carbocycles. The summed E-state index contributed by atoms with van der Waals surface area (Å²) >= 11 is 1.45. The minimum absolute atomic E-state index is 0.0716. The summed E-state index contributed by atoms with van der Waals surface area (Å²) in [6, 6.07) is 19.9. The van der Waals surface area contributed by atoms with Gasteiger partial charge in [0, 0.05) is 18.1 Å². The monoisotopic (exact) mass is 390 g/mol. The van der Waals surface area contributed by atoms with Gasteiger partial charge in [0.05, 0.1) is 16.7 Å². The van der Waals surface area contributed by atoms with Crippen molar-refractivity contribution in [3.8, 4) is 11.8 Å². The van der Waals surface area contributed by atoms with Gasteiger partial charge in [-0.1, -0.05) is 54.6 Å². The van der Waals surface area contributed by atoms with E-state index in [0.29, 0.717) is 23.0 Å². The van der Waals surface area contributed by atoms with Crippen LogP contribution < -0.4 is 10.1 Å². The normalized spacial score (nSPS) is 16.3. The molecule has 0 spiro atoms. The molecule has 1 aliphatic rings. The summed E-state index contributed by atoms with van der Waals surface area (Å²) in [5.74, 6) is 1.11. The second-order valence-corrected chi connectivity index (χ2v) is 7.73. The summed E-state index contributed by atoms with van der Waals surface area (Å²) < 4.78 is 5.82. The number of rotatable bonds is 7. The van der Waals surface area contributed by atoms with Gasteiger partial charge in [0.15, 0.2) is 0 Å². The molecule has 1 aliphatic heterocycles. The van der Waals surface area contributed by atoms with Crippen molar-refractivity contribution >= 4 is 17.7 Å². The van der Waals surface area contributed by atoms with E-state index in [1.165, 1.54) is 11.8 Å². The van der Waals surface area contributed by atoms with Crippen molar-refractivity contribution in [1.82, 2.24) is 5.32 Å². The first kappa shape index (κ1) is 19.8. The second-order valence-electron chi connectivity index (χ2n) is 6.75. The molecule has 3 rings (SSSR count). The van der Waals surface area contributed by atoms with E-state index in [2.05, 4.69) is 18.0 Å². The fourth-order valence-corrected chi connectivity index (χ4v) is 3.87. The maximum Gasteiger partial charge on any atom is 0.225 e. The van der Waals surface area contributed by atoms with Crippen LogP contribution in [-0.4, -0.2) is 11.7 Å². The first-order valence-electron chi connectivity index (χ1n) is 9.05. The van der Waals surface area contributed by atoms with Crippen LogP contribution in [0, 0.1) is 11.3 Å². The lowest BCUT2D eigenvalue weighted by molar-refractivity contribution is -0.120. The minimum atomic E-state index is -0.241. The molecule has 1 N–H and O–H groups in total. The SMILES string of the molecule is C=C(C)CSC1=C(C#N)[C@@H](c2ccc(OCc3ccccc3)cc2)CC(=O)N1. The van der Waals surface area contributed by atoms with Crippen molar-refractivity contribution in [2.24, 2.45) is 0 Å². The summed E-state index contributed by atoms with van der Waals surface area (Å²) in [5.41, 5.74) is 3.63. The van der Waals surface area contributed by atoms with Crippen LogP contribution in [0.3, 0.4) is 0 Å². The van der Waals surface area contributed by atoms with Crippen LogP contribution >= 0.6 is 11.8 Å². The van der Waals surface area contributed by atoms with E-state index >= 15 is 0 Å². The topological polar surface area (TPSA) is 62.1 Å². The molecule has 0 saturated heterocycles. The van der Waals surface area contributed by atoms with Crippen molar-refractivity contribution < 1.29 is 9.53 Å². The molecule has 5 heteroatoms. The lowest BCUT2D eigenvalue weighted by atomic mass is 9.87. The predicted octanol–water partition coefficient (Wildman–Crippen LogP) is 4.91. The highest BCUT2D eigenvalue weighted by molar-refractivity contribution is 8.03. The average Bonchev–Trinajstić information content (AvgIpc) is 2.71. The molecule has 1 heterocycles. The molecule has 0 aliphatic carbocycles. The molecule has 0 fully saturated rings. The minimum Gasteiger partial charge on any atom is -0.489 e. The van der Waals surface area contributed by atoms with Gasteiger partial charge in [0.25, 0.3) is 0 Å². The van der Waals surface area contributed by atoms with Gasteiger partial charge in [-0.25, -0.2) is 0 Å². The molecule has 0 saturated carbocycles. The van der Waals surface area contributed by atoms with E-state index in [-0.39, 0.29) is 18.2 Å². The fourth-order valence-electron chi connectivity index (χ4n) is 2.95. The number of hydrogen-bond donors (Lipinski definition) is 1. The van der Waals surface area contributed by atoms with Crippen molar-refractivity contribution in [1.29, 1.82) is 5.26 Å². The molecule has 0 aromatic heterocycles. The van der Waals surface area contributed by atoms with Crippen LogP contribution in [0.1, 0.15) is 30.4 Å². The maximum absolute atomic E-state index is 12.2. The van der Waals surface area contributed by atoms with E-state index < -0.39 is 0 Å². The number of amides is 1. The van der Waals surface area contributed by atoms with Crippen LogP contribution in [0.2, 0.25) is 0 Å². The fraction of sp³-hybridized carbons (Fsp3) is 0.217. The van der Waals surface area contributed by atoms with Crippen LogP contribution in [0.15, 0.2) is 77.4 Å². The van der Waals surface area contributed by atoms with E-state index in [9.17, 15) is 10.1 Å². The molecule has 28 heavy (non-hydrogen) atoms. The van der Waals surface area contributed by atoms with Crippen LogP contribution in [-0.2, 0) is 11.4 Å². The Morgan fingerprint density at radius 3 is 2.61 bits per heavy atom. The number of hydrogen-bond acceptors (Lipinski definition) is 4. The molecular weight excluding hydrogens is 368 g/mol. The van der Waals surface area contributed by atoms with Crippen LogP contribution in [0.5, 0.6) is 5.75 Å². The number of nitriles is 1. The third-order valence-corrected chi connectivity index (χ3v) is 5.60. The highest BCUT2D eigenvalue weighted by Crippen LogP contribution is 2.36. The standard InChI is InChI=1S/C23H22N2O2S/c1-16(2)15-28-23-21(13-24)20(12-22(26)25-23)18-8-10-19(11-9-18)27-14-17-6-4-3-5-7-17/h3-11,20H,1,12,14-15H2,2H3,(H,25,26)/t20-/m1/s1. The molecule has 0 bridgehead atoms. The van der Waals surface area contributed by atoms with E-state index in [1.807, 2.05) is 61.5 Å². The zero-order chi connectivity index (χ0) is 19.9. The van der Waals surface area contributed by atoms with E-state index in [0.717, 1.165) is 22.4 Å². The third kappa shape index (κ3) is 5.05. The van der Waals surface area contributed by atoms with Crippen molar-refractivity contribution in [3.05, 3.63) is 88.5 Å². The highest BCUT2D eigenvalue weighted by Gasteiger charge is 2.29. The van der Waals surface area contributed by atoms with Crippen LogP contribution in [0.4, 0.5) is 0 Å². The van der Waals surface area contributed by atoms with Gasteiger partial charge in [-0.2, -0.15) is 5.26 Å². The number of nitrogens with zero attached hydrogens (tertiary/aromatic N) is 1. The van der Waals surface area contributed by atoms with Gasteiger partial charge in [-0.3, -0.25) is 4.79 Å². The lowest BCUT2D eigenvalue weighted by Crippen LogP contribution is -2.30. The van der Waals surface area contributed by atoms with E-state index in [1.54, 1.807) is 0 Å². The molecule has 0 radical (unpaired) electrons. The summed E-state index contributed by atoms with van der Waals surface area (Å²) in [6.45, 7) is 6.31. The number of carbonyl (C=O) groups excluding carboxylic acids is 1. The Morgan fingerprint density at radius 2 is 1.96 bits per heavy atom. The van der Waals surface area contributed by atoms with Gasteiger partial charge >= 0.3 is 0 Å². The Morgan fingerprint density at radius 1 is 1.25 bits per heavy atom. The average molecular weight is 391 g/mol. The predicted molar refractivity (Wildman–Crippen MR) is 113 cm³/mol. The zero-order valence-electron chi connectivity index (χ0n) is 15.8. The number of thioether (sulfide) groups is 1. The molecule has 1 amide bonds. The molecule has 1 atom stereocenters. The summed E-state index contributed by atoms with van der Waals surface area (Å²) in [5, 5.41) is 13.2. The van der Waals surface area contributed by atoms with Gasteiger partial charge < -0.3 is 10.1 Å². The van der Waals surface area contributed by atoms with Gasteiger partial charge in [0.1, 0.15) is 12.4 Å². The number of carbonyl (C=O) groups is 1. The van der Waals surface area contributed by atoms with Crippen LogP contribution in [0.25, 0.3) is 0 Å². The Hall–Kier alpha value is -2.97. The molecule has 142 valence electrons. The number of allylic oxidation sites excluding steroid dienone is 1. The Labute approximate surface area is 169 Å². The highest BCUT2D eigenvalue weighted by atomic mass is 32.2. The van der Waals surface area contributed by atoms with Gasteiger partial charge in [-0.05, 0) is 30.2 Å². The lowest BCUT2D eigenvalue weighted by Gasteiger charge is -2.25. The third-order valence-electron chi connectivity index (χ3n) is 4.35. The number of ether oxygens (including phenoxy) is 1. The first-order chi connectivity index (χ1) is 13.6. The van der Waals surface area contributed by atoms with Crippen molar-refractivity contribution in [3.63, 3.8) is 0 Å². The summed E-state index contributed by atoms with van der Waals surface area (Å²) in [7, 11) is 0. The summed E-state index contributed by atoms with van der Waals surface area (Å²) in [6.07, 6.45) is 0.268. The van der Waals surface area contributed by atoms with Gasteiger partial charge in [0.2, 0.25) is 5.91 Å². The van der Waals surface area contributed by atoms with Crippen molar-refractivity contribution in [2.75, 3.05) is 5.75 Å². The summed E-state index contributed by atoms with van der Waals surface area (Å²) in [4.78, 5) is 12.2. The Balaban J connectivity index is 1.75. The first-order valence-corrected chi connectivity index (χ1v) is 10.0.